The lowest BCUT2D eigenvalue weighted by atomic mass is 9.79. The van der Waals surface area contributed by atoms with Crippen LogP contribution < -0.4 is 11.5 Å². The molecule has 1 saturated carbocycles. The summed E-state index contributed by atoms with van der Waals surface area (Å²) in [5.41, 5.74) is 11.2. The molecule has 1 fully saturated rings. The molecular weight excluding hydrogens is 148 g/mol. The van der Waals surface area contributed by atoms with Crippen LogP contribution >= 0.6 is 0 Å². The summed E-state index contributed by atoms with van der Waals surface area (Å²) in [7, 11) is 0. The highest BCUT2D eigenvalue weighted by atomic mass is 14.6. The van der Waals surface area contributed by atoms with Gasteiger partial charge in [-0.05, 0) is 50.6 Å². The van der Waals surface area contributed by atoms with Gasteiger partial charge >= 0.3 is 0 Å². The maximum Gasteiger partial charge on any atom is -0.00488 e. The molecule has 0 bridgehead atoms. The van der Waals surface area contributed by atoms with Gasteiger partial charge in [-0.15, -0.1) is 0 Å². The van der Waals surface area contributed by atoms with Gasteiger partial charge in [0.15, 0.2) is 0 Å². The lowest BCUT2D eigenvalue weighted by molar-refractivity contribution is 0.257. The van der Waals surface area contributed by atoms with Gasteiger partial charge < -0.3 is 11.5 Å². The highest BCUT2D eigenvalue weighted by Gasteiger charge is 2.19. The van der Waals surface area contributed by atoms with E-state index in [1.54, 1.807) is 0 Å². The van der Waals surface area contributed by atoms with Crippen molar-refractivity contribution in [3.8, 4) is 0 Å². The maximum atomic E-state index is 5.67. The lowest BCUT2D eigenvalue weighted by Crippen LogP contribution is -2.22. The van der Waals surface area contributed by atoms with Crippen LogP contribution in [0.1, 0.15) is 38.5 Å². The third-order valence-corrected chi connectivity index (χ3v) is 3.04. The van der Waals surface area contributed by atoms with E-state index in [9.17, 15) is 0 Å². The Morgan fingerprint density at radius 2 is 1.83 bits per heavy atom. The van der Waals surface area contributed by atoms with E-state index in [0.29, 0.717) is 0 Å². The summed E-state index contributed by atoms with van der Waals surface area (Å²) in [5.74, 6) is 1.73. The Hall–Kier alpha value is -0.0800. The molecule has 0 heterocycles. The van der Waals surface area contributed by atoms with Crippen molar-refractivity contribution in [2.45, 2.75) is 38.5 Å². The molecule has 2 nitrogen and oxygen atoms in total. The van der Waals surface area contributed by atoms with Crippen LogP contribution in [0.3, 0.4) is 0 Å². The van der Waals surface area contributed by atoms with E-state index >= 15 is 0 Å². The van der Waals surface area contributed by atoms with Gasteiger partial charge in [0.2, 0.25) is 0 Å². The highest BCUT2D eigenvalue weighted by Crippen LogP contribution is 2.30. The van der Waals surface area contributed by atoms with E-state index in [1.165, 1.54) is 38.5 Å². The molecule has 0 saturated heterocycles. The predicted molar refractivity (Wildman–Crippen MR) is 52.8 cm³/mol. The van der Waals surface area contributed by atoms with Crippen molar-refractivity contribution in [1.82, 2.24) is 0 Å². The van der Waals surface area contributed by atoms with Crippen LogP contribution in [-0.4, -0.2) is 13.1 Å². The van der Waals surface area contributed by atoms with Crippen LogP contribution in [0.15, 0.2) is 0 Å². The van der Waals surface area contributed by atoms with Gasteiger partial charge in [-0.25, -0.2) is 0 Å². The molecule has 0 aliphatic heterocycles. The molecule has 0 aromatic carbocycles. The van der Waals surface area contributed by atoms with Crippen LogP contribution in [0.2, 0.25) is 0 Å². The summed E-state index contributed by atoms with van der Waals surface area (Å²) in [6.07, 6.45) is 8.04. The van der Waals surface area contributed by atoms with Crippen LogP contribution in [-0.2, 0) is 0 Å². The van der Waals surface area contributed by atoms with Gasteiger partial charge in [0.05, 0.1) is 0 Å². The smallest absolute Gasteiger partial charge is 0.00488 e. The average Bonchev–Trinajstić information content (AvgIpc) is 2.15. The van der Waals surface area contributed by atoms with Crippen LogP contribution in [0, 0.1) is 11.8 Å². The summed E-state index contributed by atoms with van der Waals surface area (Å²) in [6.45, 7) is 1.74. The van der Waals surface area contributed by atoms with E-state index in [4.69, 9.17) is 11.5 Å². The first kappa shape index (κ1) is 10.0. The molecule has 2 unspecified atom stereocenters. The molecule has 0 spiro atoms. The Labute approximate surface area is 75.7 Å². The Kier molecular flexibility index (Phi) is 4.62. The van der Waals surface area contributed by atoms with Crippen molar-refractivity contribution in [2.75, 3.05) is 13.1 Å². The zero-order valence-electron chi connectivity index (χ0n) is 7.97. The second-order valence-electron chi connectivity index (χ2n) is 4.07. The monoisotopic (exact) mass is 170 g/mol. The van der Waals surface area contributed by atoms with Gasteiger partial charge in [-0.1, -0.05) is 12.8 Å². The topological polar surface area (TPSA) is 52.0 Å². The van der Waals surface area contributed by atoms with E-state index in [-0.39, 0.29) is 0 Å². The van der Waals surface area contributed by atoms with Gasteiger partial charge in [0.1, 0.15) is 0 Å². The Morgan fingerprint density at radius 3 is 2.50 bits per heavy atom. The molecule has 12 heavy (non-hydrogen) atoms. The molecule has 0 amide bonds. The summed E-state index contributed by atoms with van der Waals surface area (Å²) >= 11 is 0. The largest absolute Gasteiger partial charge is 0.330 e. The van der Waals surface area contributed by atoms with Crippen molar-refractivity contribution < 1.29 is 0 Å². The number of hydrogen-bond donors (Lipinski definition) is 2. The zero-order chi connectivity index (χ0) is 8.81. The summed E-state index contributed by atoms with van der Waals surface area (Å²) in [5, 5.41) is 0. The summed E-state index contributed by atoms with van der Waals surface area (Å²) in [4.78, 5) is 0. The molecular formula is C10H22N2. The first-order valence-corrected chi connectivity index (χ1v) is 5.27. The third-order valence-electron chi connectivity index (χ3n) is 3.04. The minimum Gasteiger partial charge on any atom is -0.330 e. The molecule has 1 aliphatic rings. The standard InChI is InChI=1S/C10H22N2/c11-6-2-5-9-3-1-4-10(7-9)8-12/h9-10H,1-8,11-12H2. The fourth-order valence-electron chi connectivity index (χ4n) is 2.29. The van der Waals surface area contributed by atoms with Gasteiger partial charge in [0, 0.05) is 0 Å². The van der Waals surface area contributed by atoms with E-state index in [2.05, 4.69) is 0 Å². The van der Waals surface area contributed by atoms with Crippen molar-refractivity contribution in [3.63, 3.8) is 0 Å². The lowest BCUT2D eigenvalue weighted by Gasteiger charge is -2.28. The average molecular weight is 170 g/mol. The quantitative estimate of drug-likeness (QED) is 0.671. The van der Waals surface area contributed by atoms with Crippen molar-refractivity contribution in [2.24, 2.45) is 23.3 Å². The Morgan fingerprint density at radius 1 is 1.08 bits per heavy atom. The van der Waals surface area contributed by atoms with Crippen LogP contribution in [0.4, 0.5) is 0 Å². The molecule has 0 radical (unpaired) electrons. The summed E-state index contributed by atoms with van der Waals surface area (Å²) < 4.78 is 0. The van der Waals surface area contributed by atoms with E-state index in [0.717, 1.165) is 24.9 Å². The SMILES string of the molecule is NCCCC1CCCC(CN)C1. The van der Waals surface area contributed by atoms with Crippen LogP contribution in [0.5, 0.6) is 0 Å². The molecule has 2 atom stereocenters. The highest BCUT2D eigenvalue weighted by molar-refractivity contribution is 4.73. The summed E-state index contributed by atoms with van der Waals surface area (Å²) in [6, 6.07) is 0. The van der Waals surface area contributed by atoms with E-state index in [1.807, 2.05) is 0 Å². The van der Waals surface area contributed by atoms with Gasteiger partial charge in [-0.3, -0.25) is 0 Å². The predicted octanol–water partition coefficient (Wildman–Crippen LogP) is 1.49. The second kappa shape index (κ2) is 5.55. The minimum absolute atomic E-state index is 0.807. The Balaban J connectivity index is 2.16. The normalized spacial score (nSPS) is 30.5. The third kappa shape index (κ3) is 3.11. The van der Waals surface area contributed by atoms with Crippen molar-refractivity contribution >= 4 is 0 Å². The number of nitrogens with two attached hydrogens (primary N) is 2. The molecule has 0 aromatic heterocycles. The first-order chi connectivity index (χ1) is 5.86. The fourth-order valence-corrected chi connectivity index (χ4v) is 2.29. The molecule has 2 heteroatoms. The zero-order valence-corrected chi connectivity index (χ0v) is 7.97. The number of rotatable bonds is 4. The molecule has 1 rings (SSSR count). The second-order valence-corrected chi connectivity index (χ2v) is 4.07. The Bertz CT molecular complexity index is 114. The van der Waals surface area contributed by atoms with Gasteiger partial charge in [0.25, 0.3) is 0 Å². The molecule has 0 aromatic rings. The first-order valence-electron chi connectivity index (χ1n) is 5.27. The minimum atomic E-state index is 0.807. The number of hydrogen-bond acceptors (Lipinski definition) is 2. The molecule has 4 N–H and O–H groups in total. The molecule has 72 valence electrons. The van der Waals surface area contributed by atoms with Crippen LogP contribution in [0.25, 0.3) is 0 Å². The van der Waals surface area contributed by atoms with Crippen molar-refractivity contribution in [1.29, 1.82) is 0 Å². The van der Waals surface area contributed by atoms with E-state index < -0.39 is 0 Å². The molecule has 1 aliphatic carbocycles. The van der Waals surface area contributed by atoms with Crippen molar-refractivity contribution in [3.05, 3.63) is 0 Å². The fraction of sp³-hybridized carbons (Fsp3) is 1.00. The van der Waals surface area contributed by atoms with Gasteiger partial charge in [-0.2, -0.15) is 0 Å². The maximum absolute atomic E-state index is 5.67.